The van der Waals surface area contributed by atoms with Gasteiger partial charge in [-0.1, -0.05) is 18.3 Å². The Balaban J connectivity index is 2.33. The van der Waals surface area contributed by atoms with Gasteiger partial charge in [0.05, 0.1) is 6.54 Å². The second kappa shape index (κ2) is 6.27. The molecule has 0 saturated carbocycles. The van der Waals surface area contributed by atoms with Gasteiger partial charge in [-0.3, -0.25) is 0 Å². The Labute approximate surface area is 101 Å². The average molecular weight is 243 g/mol. The van der Waals surface area contributed by atoms with Crippen molar-refractivity contribution in [3.63, 3.8) is 0 Å². The van der Waals surface area contributed by atoms with Gasteiger partial charge in [-0.15, -0.1) is 10.2 Å². The standard InChI is InChI=1S/C11H21N3OS/c1-5-6-15-8-10-14-13-9(16-10)7-12-11(2,3)4/h12H,5-8H2,1-4H3. The van der Waals surface area contributed by atoms with Crippen molar-refractivity contribution in [3.8, 4) is 0 Å². The average Bonchev–Trinajstić information content (AvgIpc) is 2.62. The normalized spacial score (nSPS) is 12.0. The summed E-state index contributed by atoms with van der Waals surface area (Å²) in [6.07, 6.45) is 1.04. The highest BCUT2D eigenvalue weighted by Gasteiger charge is 2.10. The first-order chi connectivity index (χ1) is 7.51. The van der Waals surface area contributed by atoms with E-state index in [1.54, 1.807) is 11.3 Å². The molecule has 0 saturated heterocycles. The van der Waals surface area contributed by atoms with Crippen LogP contribution in [-0.2, 0) is 17.9 Å². The van der Waals surface area contributed by atoms with Crippen molar-refractivity contribution in [1.82, 2.24) is 15.5 Å². The Morgan fingerprint density at radius 1 is 1.25 bits per heavy atom. The van der Waals surface area contributed by atoms with Gasteiger partial charge < -0.3 is 10.1 Å². The molecule has 1 rings (SSSR count). The minimum atomic E-state index is 0.116. The van der Waals surface area contributed by atoms with Gasteiger partial charge in [0, 0.05) is 12.1 Å². The van der Waals surface area contributed by atoms with Crippen molar-refractivity contribution in [3.05, 3.63) is 10.0 Å². The van der Waals surface area contributed by atoms with E-state index in [4.69, 9.17) is 4.74 Å². The molecule has 0 atom stereocenters. The molecule has 1 heterocycles. The smallest absolute Gasteiger partial charge is 0.143 e. The third-order valence-corrected chi connectivity index (χ3v) is 2.75. The summed E-state index contributed by atoms with van der Waals surface area (Å²) < 4.78 is 5.42. The van der Waals surface area contributed by atoms with Crippen LogP contribution in [0.2, 0.25) is 0 Å². The first-order valence-electron chi connectivity index (χ1n) is 5.65. The van der Waals surface area contributed by atoms with Gasteiger partial charge in [-0.2, -0.15) is 0 Å². The Kier molecular flexibility index (Phi) is 5.31. The van der Waals surface area contributed by atoms with Crippen LogP contribution in [0.4, 0.5) is 0 Å². The summed E-state index contributed by atoms with van der Waals surface area (Å²) in [7, 11) is 0. The minimum Gasteiger partial charge on any atom is -0.374 e. The molecule has 0 aliphatic heterocycles. The highest BCUT2D eigenvalue weighted by atomic mass is 32.1. The van der Waals surface area contributed by atoms with Crippen LogP contribution in [0, 0.1) is 0 Å². The fourth-order valence-corrected chi connectivity index (χ4v) is 1.78. The van der Waals surface area contributed by atoms with Gasteiger partial charge >= 0.3 is 0 Å². The molecule has 5 heteroatoms. The Bertz CT molecular complexity index is 306. The Hall–Kier alpha value is -0.520. The molecule has 0 amide bonds. The molecule has 16 heavy (non-hydrogen) atoms. The zero-order valence-corrected chi connectivity index (χ0v) is 11.4. The number of rotatable bonds is 6. The van der Waals surface area contributed by atoms with Crippen molar-refractivity contribution in [1.29, 1.82) is 0 Å². The van der Waals surface area contributed by atoms with E-state index in [-0.39, 0.29) is 5.54 Å². The number of hydrogen-bond donors (Lipinski definition) is 1. The summed E-state index contributed by atoms with van der Waals surface area (Å²) in [5, 5.41) is 13.6. The predicted octanol–water partition coefficient (Wildman–Crippen LogP) is 2.35. The first-order valence-corrected chi connectivity index (χ1v) is 6.47. The van der Waals surface area contributed by atoms with Gasteiger partial charge in [0.15, 0.2) is 0 Å². The predicted molar refractivity (Wildman–Crippen MR) is 66.4 cm³/mol. The van der Waals surface area contributed by atoms with Gasteiger partial charge in [0.1, 0.15) is 16.6 Å². The van der Waals surface area contributed by atoms with E-state index in [0.717, 1.165) is 29.6 Å². The number of nitrogens with zero attached hydrogens (tertiary/aromatic N) is 2. The van der Waals surface area contributed by atoms with Crippen LogP contribution in [0.1, 0.15) is 44.1 Å². The second-order valence-electron chi connectivity index (χ2n) is 4.75. The molecule has 0 aliphatic carbocycles. The second-order valence-corrected chi connectivity index (χ2v) is 5.89. The lowest BCUT2D eigenvalue weighted by atomic mass is 10.1. The summed E-state index contributed by atoms with van der Waals surface area (Å²) >= 11 is 1.61. The molecule has 0 spiro atoms. The highest BCUT2D eigenvalue weighted by Crippen LogP contribution is 2.12. The SMILES string of the molecule is CCCOCc1nnc(CNC(C)(C)C)s1. The molecule has 4 nitrogen and oxygen atoms in total. The lowest BCUT2D eigenvalue weighted by Gasteiger charge is -2.19. The fourth-order valence-electron chi connectivity index (χ4n) is 1.06. The van der Waals surface area contributed by atoms with E-state index in [1.807, 2.05) is 0 Å². The van der Waals surface area contributed by atoms with E-state index < -0.39 is 0 Å². The highest BCUT2D eigenvalue weighted by molar-refractivity contribution is 7.11. The minimum absolute atomic E-state index is 0.116. The third-order valence-electron chi connectivity index (χ3n) is 1.85. The monoisotopic (exact) mass is 243 g/mol. The lowest BCUT2D eigenvalue weighted by molar-refractivity contribution is 0.121. The first kappa shape index (κ1) is 13.5. The Morgan fingerprint density at radius 2 is 1.94 bits per heavy atom. The van der Waals surface area contributed by atoms with Crippen LogP contribution >= 0.6 is 11.3 Å². The molecule has 0 fully saturated rings. The van der Waals surface area contributed by atoms with Crippen molar-refractivity contribution >= 4 is 11.3 Å². The van der Waals surface area contributed by atoms with Crippen molar-refractivity contribution in [2.24, 2.45) is 0 Å². The summed E-state index contributed by atoms with van der Waals surface area (Å²) in [5.41, 5.74) is 0.116. The van der Waals surface area contributed by atoms with Crippen LogP contribution in [0.25, 0.3) is 0 Å². The van der Waals surface area contributed by atoms with Crippen LogP contribution in [0.5, 0.6) is 0 Å². The molecule has 92 valence electrons. The molecule has 1 aromatic heterocycles. The van der Waals surface area contributed by atoms with Crippen LogP contribution in [0.15, 0.2) is 0 Å². The van der Waals surface area contributed by atoms with Crippen molar-refractivity contribution < 1.29 is 4.74 Å². The molecular formula is C11H21N3OS. The molecule has 0 bridgehead atoms. The van der Waals surface area contributed by atoms with E-state index in [9.17, 15) is 0 Å². The van der Waals surface area contributed by atoms with E-state index in [0.29, 0.717) is 6.61 Å². The fraction of sp³-hybridized carbons (Fsp3) is 0.818. The molecular weight excluding hydrogens is 222 g/mol. The van der Waals surface area contributed by atoms with Gasteiger partial charge in [0.25, 0.3) is 0 Å². The summed E-state index contributed by atoms with van der Waals surface area (Å²) in [4.78, 5) is 0. The maximum absolute atomic E-state index is 5.42. The van der Waals surface area contributed by atoms with Crippen molar-refractivity contribution in [2.75, 3.05) is 6.61 Å². The van der Waals surface area contributed by atoms with Crippen LogP contribution < -0.4 is 5.32 Å². The van der Waals surface area contributed by atoms with E-state index >= 15 is 0 Å². The van der Waals surface area contributed by atoms with E-state index in [1.165, 1.54) is 0 Å². The lowest BCUT2D eigenvalue weighted by Crippen LogP contribution is -2.35. The van der Waals surface area contributed by atoms with Crippen LogP contribution in [0.3, 0.4) is 0 Å². The molecule has 1 aromatic rings. The van der Waals surface area contributed by atoms with Gasteiger partial charge in [0.2, 0.25) is 0 Å². The number of nitrogens with one attached hydrogen (secondary N) is 1. The molecule has 1 N–H and O–H groups in total. The number of ether oxygens (including phenoxy) is 1. The molecule has 0 aliphatic rings. The maximum Gasteiger partial charge on any atom is 0.143 e. The Morgan fingerprint density at radius 3 is 2.56 bits per heavy atom. The zero-order valence-electron chi connectivity index (χ0n) is 10.5. The zero-order chi connectivity index (χ0) is 12.0. The topological polar surface area (TPSA) is 47.0 Å². The quantitative estimate of drug-likeness (QED) is 0.779. The number of aromatic nitrogens is 2. The van der Waals surface area contributed by atoms with Crippen LogP contribution in [-0.4, -0.2) is 22.3 Å². The maximum atomic E-state index is 5.42. The van der Waals surface area contributed by atoms with Crippen molar-refractivity contribution in [2.45, 2.75) is 52.8 Å². The largest absolute Gasteiger partial charge is 0.374 e. The van der Waals surface area contributed by atoms with Gasteiger partial charge in [-0.05, 0) is 27.2 Å². The van der Waals surface area contributed by atoms with Gasteiger partial charge in [-0.25, -0.2) is 0 Å². The summed E-state index contributed by atoms with van der Waals surface area (Å²) in [5.74, 6) is 0. The summed E-state index contributed by atoms with van der Waals surface area (Å²) in [6.45, 7) is 10.7. The number of hydrogen-bond acceptors (Lipinski definition) is 5. The summed E-state index contributed by atoms with van der Waals surface area (Å²) in [6, 6.07) is 0. The van der Waals surface area contributed by atoms with E-state index in [2.05, 4.69) is 43.2 Å². The third kappa shape index (κ3) is 5.53. The molecule has 0 aromatic carbocycles. The molecule has 0 radical (unpaired) electrons. The molecule has 0 unspecified atom stereocenters.